The predicted molar refractivity (Wildman–Crippen MR) is 66.5 cm³/mol. The first-order valence-electron chi connectivity index (χ1n) is 5.56. The van der Waals surface area contributed by atoms with Gasteiger partial charge in [0.1, 0.15) is 0 Å². The van der Waals surface area contributed by atoms with E-state index in [9.17, 15) is 9.90 Å². The Labute approximate surface area is 104 Å². The monoisotopic (exact) mass is 282 g/mol. The van der Waals surface area contributed by atoms with Crippen LogP contribution < -0.4 is 0 Å². The van der Waals surface area contributed by atoms with E-state index in [1.54, 1.807) is 0 Å². The van der Waals surface area contributed by atoms with Crippen LogP contribution in [0.1, 0.15) is 24.8 Å². The maximum absolute atomic E-state index is 12.0. The Morgan fingerprint density at radius 3 is 2.44 bits per heavy atom. The zero-order valence-electron chi connectivity index (χ0n) is 9.03. The van der Waals surface area contributed by atoms with Crippen molar-refractivity contribution in [3.05, 3.63) is 35.9 Å². The summed E-state index contributed by atoms with van der Waals surface area (Å²) in [6.45, 7) is 0. The highest BCUT2D eigenvalue weighted by Crippen LogP contribution is 2.43. The molecule has 1 aliphatic carbocycles. The fourth-order valence-corrected chi connectivity index (χ4v) is 2.67. The summed E-state index contributed by atoms with van der Waals surface area (Å²) in [6, 6.07) is 9.28. The normalized spacial score (nSPS) is 19.9. The van der Waals surface area contributed by atoms with Gasteiger partial charge in [0, 0.05) is 0 Å². The SMILES string of the molecule is O=C(CBr)[C@@](O)(c1ccccc1)C1CCC1. The molecule has 1 aromatic carbocycles. The average Bonchev–Trinajstić information content (AvgIpc) is 2.26. The van der Waals surface area contributed by atoms with Crippen LogP contribution in [0.15, 0.2) is 30.3 Å². The zero-order valence-corrected chi connectivity index (χ0v) is 10.6. The van der Waals surface area contributed by atoms with Crippen molar-refractivity contribution in [2.24, 2.45) is 5.92 Å². The van der Waals surface area contributed by atoms with Crippen LogP contribution in [0.3, 0.4) is 0 Å². The van der Waals surface area contributed by atoms with E-state index in [1.807, 2.05) is 30.3 Å². The van der Waals surface area contributed by atoms with Crippen molar-refractivity contribution >= 4 is 21.7 Å². The minimum Gasteiger partial charge on any atom is -0.377 e. The molecule has 16 heavy (non-hydrogen) atoms. The van der Waals surface area contributed by atoms with Crippen molar-refractivity contribution < 1.29 is 9.90 Å². The van der Waals surface area contributed by atoms with Gasteiger partial charge in [0.15, 0.2) is 11.4 Å². The second-order valence-electron chi connectivity index (χ2n) is 4.32. The summed E-state index contributed by atoms with van der Waals surface area (Å²) in [5.41, 5.74) is -0.563. The average molecular weight is 283 g/mol. The number of Topliss-reactive ketones (excluding diaryl/α,β-unsaturated/α-hetero) is 1. The number of carbonyl (C=O) groups is 1. The topological polar surface area (TPSA) is 37.3 Å². The van der Waals surface area contributed by atoms with Gasteiger partial charge >= 0.3 is 0 Å². The van der Waals surface area contributed by atoms with Gasteiger partial charge in [-0.3, -0.25) is 4.79 Å². The Morgan fingerprint density at radius 2 is 2.00 bits per heavy atom. The summed E-state index contributed by atoms with van der Waals surface area (Å²) in [7, 11) is 0. The molecule has 1 aromatic rings. The van der Waals surface area contributed by atoms with Gasteiger partial charge in [0.2, 0.25) is 0 Å². The lowest BCUT2D eigenvalue weighted by Gasteiger charge is -2.40. The fourth-order valence-electron chi connectivity index (χ4n) is 2.24. The Balaban J connectivity index is 2.37. The molecule has 0 unspecified atom stereocenters. The molecule has 3 heteroatoms. The van der Waals surface area contributed by atoms with Gasteiger partial charge < -0.3 is 5.11 Å². The van der Waals surface area contributed by atoms with Crippen molar-refractivity contribution in [1.29, 1.82) is 0 Å². The molecule has 0 aromatic heterocycles. The lowest BCUT2D eigenvalue weighted by molar-refractivity contribution is -0.146. The summed E-state index contributed by atoms with van der Waals surface area (Å²) in [5, 5.41) is 10.9. The van der Waals surface area contributed by atoms with E-state index in [2.05, 4.69) is 15.9 Å². The van der Waals surface area contributed by atoms with E-state index in [-0.39, 0.29) is 17.0 Å². The van der Waals surface area contributed by atoms with Crippen molar-refractivity contribution in [3.63, 3.8) is 0 Å². The standard InChI is InChI=1S/C13H15BrO2/c14-9-12(15)13(16,11-7-4-8-11)10-5-2-1-3-6-10/h1-3,5-6,11,16H,4,7-9H2/t13-/m1/s1. The molecule has 1 fully saturated rings. The first-order chi connectivity index (χ1) is 7.69. The lowest BCUT2D eigenvalue weighted by atomic mass is 9.68. The minimum atomic E-state index is -1.29. The third kappa shape index (κ3) is 1.82. The molecular formula is C13H15BrO2. The van der Waals surface area contributed by atoms with Crippen LogP contribution >= 0.6 is 15.9 Å². The molecule has 0 aliphatic heterocycles. The maximum atomic E-state index is 12.0. The molecule has 2 rings (SSSR count). The Morgan fingerprint density at radius 1 is 1.38 bits per heavy atom. The van der Waals surface area contributed by atoms with Crippen LogP contribution in [-0.2, 0) is 10.4 Å². The number of carbonyl (C=O) groups excluding carboxylic acids is 1. The number of hydrogen-bond donors (Lipinski definition) is 1. The van der Waals surface area contributed by atoms with Gasteiger partial charge in [0.25, 0.3) is 0 Å². The number of benzene rings is 1. The Hall–Kier alpha value is -0.670. The van der Waals surface area contributed by atoms with Crippen molar-refractivity contribution in [3.8, 4) is 0 Å². The van der Waals surface area contributed by atoms with Crippen LogP contribution in [-0.4, -0.2) is 16.2 Å². The van der Waals surface area contributed by atoms with Gasteiger partial charge in [0.05, 0.1) is 5.33 Å². The maximum Gasteiger partial charge on any atom is 0.179 e. The zero-order chi connectivity index (χ0) is 11.6. The highest BCUT2D eigenvalue weighted by Gasteiger charge is 2.46. The number of hydrogen-bond acceptors (Lipinski definition) is 2. The molecule has 1 aliphatic rings. The van der Waals surface area contributed by atoms with E-state index in [0.29, 0.717) is 0 Å². The van der Waals surface area contributed by atoms with Gasteiger partial charge in [-0.1, -0.05) is 52.7 Å². The molecule has 0 heterocycles. The molecular weight excluding hydrogens is 268 g/mol. The molecule has 0 bridgehead atoms. The Kier molecular flexibility index (Phi) is 3.45. The molecule has 0 radical (unpaired) electrons. The highest BCUT2D eigenvalue weighted by atomic mass is 79.9. The van der Waals surface area contributed by atoms with Gasteiger partial charge in [-0.25, -0.2) is 0 Å². The van der Waals surface area contributed by atoms with Crippen LogP contribution in [0.2, 0.25) is 0 Å². The predicted octanol–water partition coefficient (Wildman–Crippen LogP) is 2.64. The summed E-state index contributed by atoms with van der Waals surface area (Å²) >= 11 is 3.16. The molecule has 0 spiro atoms. The first-order valence-corrected chi connectivity index (χ1v) is 6.69. The number of ketones is 1. The fraction of sp³-hybridized carbons (Fsp3) is 0.462. The molecule has 86 valence electrons. The smallest absolute Gasteiger partial charge is 0.179 e. The second-order valence-corrected chi connectivity index (χ2v) is 4.88. The van der Waals surface area contributed by atoms with Crippen LogP contribution in [0.5, 0.6) is 0 Å². The second kappa shape index (κ2) is 4.68. The van der Waals surface area contributed by atoms with E-state index in [0.717, 1.165) is 24.8 Å². The van der Waals surface area contributed by atoms with Crippen LogP contribution in [0, 0.1) is 5.92 Å². The third-order valence-electron chi connectivity index (χ3n) is 3.46. The largest absolute Gasteiger partial charge is 0.377 e. The minimum absolute atomic E-state index is 0.0833. The van der Waals surface area contributed by atoms with Crippen LogP contribution in [0.4, 0.5) is 0 Å². The number of rotatable bonds is 4. The van der Waals surface area contributed by atoms with E-state index in [4.69, 9.17) is 0 Å². The highest BCUT2D eigenvalue weighted by molar-refractivity contribution is 9.09. The number of alkyl halides is 1. The quantitative estimate of drug-likeness (QED) is 0.862. The van der Waals surface area contributed by atoms with Crippen molar-refractivity contribution in [1.82, 2.24) is 0 Å². The molecule has 0 amide bonds. The molecule has 1 saturated carbocycles. The van der Waals surface area contributed by atoms with Crippen LogP contribution in [0.25, 0.3) is 0 Å². The lowest BCUT2D eigenvalue weighted by Crippen LogP contribution is -2.46. The summed E-state index contributed by atoms with van der Waals surface area (Å²) < 4.78 is 0. The number of halogens is 1. The van der Waals surface area contributed by atoms with Gasteiger partial charge in [-0.15, -0.1) is 0 Å². The van der Waals surface area contributed by atoms with E-state index >= 15 is 0 Å². The van der Waals surface area contributed by atoms with Crippen molar-refractivity contribution in [2.75, 3.05) is 5.33 Å². The molecule has 0 saturated heterocycles. The Bertz CT molecular complexity index is 373. The molecule has 2 nitrogen and oxygen atoms in total. The van der Waals surface area contributed by atoms with Gasteiger partial charge in [-0.2, -0.15) is 0 Å². The molecule has 1 N–H and O–H groups in total. The number of aliphatic hydroxyl groups is 1. The van der Waals surface area contributed by atoms with E-state index < -0.39 is 5.60 Å². The summed E-state index contributed by atoms with van der Waals surface area (Å²) in [4.78, 5) is 12.0. The van der Waals surface area contributed by atoms with E-state index in [1.165, 1.54) is 0 Å². The third-order valence-corrected chi connectivity index (χ3v) is 3.97. The summed E-state index contributed by atoms with van der Waals surface area (Å²) in [5.74, 6) is -0.0525. The molecule has 1 atom stereocenters. The summed E-state index contributed by atoms with van der Waals surface area (Å²) in [6.07, 6.45) is 2.98. The van der Waals surface area contributed by atoms with Crippen molar-refractivity contribution in [2.45, 2.75) is 24.9 Å². The van der Waals surface area contributed by atoms with Gasteiger partial charge in [-0.05, 0) is 24.3 Å². The first kappa shape index (κ1) is 11.8.